The minimum Gasteiger partial charge on any atom is -0.266 e. The largest absolute Gasteiger partial charge is 0.460 e. The molecule has 40 heavy (non-hydrogen) atoms. The first-order chi connectivity index (χ1) is 17.4. The molecule has 0 fully saturated rings. The molecular formula is C16H4F17NO5S. The van der Waals surface area contributed by atoms with Gasteiger partial charge in [0, 0.05) is 0 Å². The summed E-state index contributed by atoms with van der Waals surface area (Å²) in [6.45, 7) is 0. The molecule has 0 bridgehead atoms. The molecule has 0 N–H and O–H groups in total. The molecule has 6 nitrogen and oxygen atoms in total. The first-order valence-corrected chi connectivity index (χ1v) is 10.4. The van der Waals surface area contributed by atoms with Gasteiger partial charge in [-0.05, 0) is 12.1 Å². The van der Waals surface area contributed by atoms with Gasteiger partial charge in [0.15, 0.2) is 0 Å². The molecule has 0 spiro atoms. The summed E-state index contributed by atoms with van der Waals surface area (Å²) in [6, 6.07) is 2.88. The Hall–Kier alpha value is -2.92. The van der Waals surface area contributed by atoms with E-state index in [1.54, 1.807) is 0 Å². The van der Waals surface area contributed by atoms with Crippen molar-refractivity contribution in [2.75, 3.05) is 0 Å². The standard InChI is InChI=1S/C16H4F17NO5S/c17-9(18,11(21,22)13(25,26)15(28,29)30)10(19,20)12(23,24)14(27,16(31,32)33)40(37,38)39-34-7(35)5-3-1-2-4-6(5)8(34)36/h1-4H. The molecule has 1 aromatic rings. The Morgan fingerprint density at radius 2 is 0.850 bits per heavy atom. The van der Waals surface area contributed by atoms with Crippen LogP contribution < -0.4 is 0 Å². The van der Waals surface area contributed by atoms with Gasteiger partial charge in [-0.3, -0.25) is 9.59 Å². The Morgan fingerprint density at radius 1 is 0.525 bits per heavy atom. The molecule has 0 aliphatic carbocycles. The van der Waals surface area contributed by atoms with Crippen LogP contribution in [0.4, 0.5) is 74.6 Å². The predicted octanol–water partition coefficient (Wildman–Crippen LogP) is 5.51. The van der Waals surface area contributed by atoms with Crippen LogP contribution in [0.3, 0.4) is 0 Å². The number of imide groups is 1. The number of benzene rings is 1. The monoisotopic (exact) mass is 645 g/mol. The zero-order valence-corrected chi connectivity index (χ0v) is 18.4. The molecule has 1 unspecified atom stereocenters. The van der Waals surface area contributed by atoms with E-state index in [4.69, 9.17) is 0 Å². The van der Waals surface area contributed by atoms with Crippen LogP contribution in [0.25, 0.3) is 0 Å². The van der Waals surface area contributed by atoms with Crippen LogP contribution in [0.5, 0.6) is 0 Å². The van der Waals surface area contributed by atoms with Crippen LogP contribution in [0, 0.1) is 0 Å². The second-order valence-electron chi connectivity index (χ2n) is 7.44. The molecule has 1 atom stereocenters. The first kappa shape index (κ1) is 33.3. The average Bonchev–Trinajstić information content (AvgIpc) is 3.00. The second-order valence-corrected chi connectivity index (χ2v) is 9.06. The van der Waals surface area contributed by atoms with E-state index < -0.39 is 85.1 Å². The number of nitrogens with zero attached hydrogens (tertiary/aromatic N) is 1. The fraction of sp³-hybridized carbons (Fsp3) is 0.500. The predicted molar refractivity (Wildman–Crippen MR) is 87.6 cm³/mol. The van der Waals surface area contributed by atoms with E-state index in [1.165, 1.54) is 0 Å². The highest BCUT2D eigenvalue weighted by Crippen LogP contribution is 2.65. The van der Waals surface area contributed by atoms with E-state index in [1.807, 2.05) is 0 Å². The third-order valence-corrected chi connectivity index (χ3v) is 6.50. The Balaban J connectivity index is 2.76. The van der Waals surface area contributed by atoms with Gasteiger partial charge in [0.2, 0.25) is 0 Å². The lowest BCUT2D eigenvalue weighted by atomic mass is 9.91. The Bertz CT molecular complexity index is 1280. The van der Waals surface area contributed by atoms with Gasteiger partial charge in [0.1, 0.15) is 0 Å². The van der Waals surface area contributed by atoms with Gasteiger partial charge in [-0.25, -0.2) is 4.39 Å². The van der Waals surface area contributed by atoms with Crippen molar-refractivity contribution in [1.82, 2.24) is 5.06 Å². The summed E-state index contributed by atoms with van der Waals surface area (Å²) in [4.78, 5) is 23.9. The molecule has 0 saturated heterocycles. The van der Waals surface area contributed by atoms with E-state index in [2.05, 4.69) is 4.28 Å². The molecule has 228 valence electrons. The topological polar surface area (TPSA) is 80.8 Å². The first-order valence-electron chi connectivity index (χ1n) is 9.03. The molecule has 2 rings (SSSR count). The maximum absolute atomic E-state index is 14.7. The van der Waals surface area contributed by atoms with Gasteiger partial charge < -0.3 is 0 Å². The number of carbonyl (C=O) groups excluding carboxylic acids is 2. The van der Waals surface area contributed by atoms with Crippen LogP contribution in [0.15, 0.2) is 24.3 Å². The Morgan fingerprint density at radius 3 is 1.18 bits per heavy atom. The van der Waals surface area contributed by atoms with Crippen molar-refractivity contribution in [1.29, 1.82) is 0 Å². The third-order valence-electron chi connectivity index (χ3n) is 4.98. The zero-order chi connectivity index (χ0) is 31.9. The smallest absolute Gasteiger partial charge is 0.266 e. The van der Waals surface area contributed by atoms with E-state index in [0.717, 1.165) is 12.1 Å². The molecular weight excluding hydrogens is 641 g/mol. The zero-order valence-electron chi connectivity index (χ0n) is 17.6. The number of amides is 2. The lowest BCUT2D eigenvalue weighted by Crippen LogP contribution is -2.76. The summed E-state index contributed by atoms with van der Waals surface area (Å²) in [7, 11) is -8.58. The summed E-state index contributed by atoms with van der Waals surface area (Å²) in [5.74, 6) is -48.8. The van der Waals surface area contributed by atoms with Crippen molar-refractivity contribution in [3.05, 3.63) is 35.4 Å². The van der Waals surface area contributed by atoms with Crippen molar-refractivity contribution in [2.45, 2.75) is 47.0 Å². The molecule has 1 aliphatic rings. The number of halogens is 17. The minimum atomic E-state index is -9.10. The normalized spacial score (nSPS) is 18.2. The third kappa shape index (κ3) is 3.99. The SMILES string of the molecule is O=C1c2ccccc2C(=O)N1OS(=O)(=O)C(F)(C(F)(F)F)C(F)(F)C(F)(F)C(F)(F)C(F)(F)C(F)(F)C(F)(F)F. The van der Waals surface area contributed by atoms with E-state index in [-0.39, 0.29) is 0 Å². The molecule has 2 amide bonds. The van der Waals surface area contributed by atoms with Crippen molar-refractivity contribution in [2.24, 2.45) is 0 Å². The van der Waals surface area contributed by atoms with E-state index in [0.29, 0.717) is 12.1 Å². The minimum absolute atomic E-state index is 0.574. The number of hydroxylamine groups is 2. The molecule has 0 aromatic heterocycles. The van der Waals surface area contributed by atoms with Gasteiger partial charge in [0.05, 0.1) is 11.1 Å². The van der Waals surface area contributed by atoms with Crippen LogP contribution >= 0.6 is 0 Å². The van der Waals surface area contributed by atoms with Crippen molar-refractivity contribution in [3.63, 3.8) is 0 Å². The lowest BCUT2D eigenvalue weighted by Gasteiger charge is -2.43. The number of hydrogen-bond acceptors (Lipinski definition) is 5. The highest BCUT2D eigenvalue weighted by atomic mass is 32.2. The van der Waals surface area contributed by atoms with E-state index in [9.17, 15) is 92.6 Å². The molecule has 1 heterocycles. The van der Waals surface area contributed by atoms with Crippen molar-refractivity contribution in [3.8, 4) is 0 Å². The number of rotatable bonds is 8. The van der Waals surface area contributed by atoms with Crippen molar-refractivity contribution < 1.29 is 96.9 Å². The fourth-order valence-electron chi connectivity index (χ4n) is 2.83. The summed E-state index contributed by atoms with van der Waals surface area (Å²) < 4.78 is 254. The summed E-state index contributed by atoms with van der Waals surface area (Å²) in [5.41, 5.74) is -2.03. The molecule has 24 heteroatoms. The Labute approximate surface area is 207 Å². The highest BCUT2D eigenvalue weighted by molar-refractivity contribution is 7.88. The van der Waals surface area contributed by atoms with Crippen LogP contribution in [0.2, 0.25) is 0 Å². The van der Waals surface area contributed by atoms with Gasteiger partial charge in [-0.2, -0.15) is 78.7 Å². The maximum Gasteiger partial charge on any atom is 0.460 e. The summed E-state index contributed by atoms with van der Waals surface area (Å²) in [6.07, 6.45) is -16.2. The van der Waals surface area contributed by atoms with Gasteiger partial charge >= 0.3 is 57.1 Å². The molecule has 0 saturated carbocycles. The van der Waals surface area contributed by atoms with E-state index >= 15 is 0 Å². The molecule has 0 radical (unpaired) electrons. The highest BCUT2D eigenvalue weighted by Gasteiger charge is 2.97. The van der Waals surface area contributed by atoms with Crippen LogP contribution in [-0.4, -0.2) is 72.3 Å². The molecule has 1 aliphatic heterocycles. The summed E-state index contributed by atoms with van der Waals surface area (Å²) in [5, 5.41) is -9.96. The maximum atomic E-state index is 14.7. The lowest BCUT2D eigenvalue weighted by molar-refractivity contribution is -0.451. The number of alkyl halides is 17. The average molecular weight is 645 g/mol. The van der Waals surface area contributed by atoms with Gasteiger partial charge in [0.25, 0.3) is 11.8 Å². The molecule has 1 aromatic carbocycles. The number of hydrogen-bond donors (Lipinski definition) is 0. The van der Waals surface area contributed by atoms with Gasteiger partial charge in [-0.1, -0.05) is 12.1 Å². The number of fused-ring (bicyclic) bond motifs is 1. The summed E-state index contributed by atoms with van der Waals surface area (Å²) >= 11 is 0. The fourth-order valence-corrected chi connectivity index (χ4v) is 3.99. The number of carbonyl (C=O) groups is 2. The van der Waals surface area contributed by atoms with Crippen molar-refractivity contribution >= 4 is 21.9 Å². The Kier molecular flexibility index (Phi) is 7.31. The second kappa shape index (κ2) is 8.79. The quantitative estimate of drug-likeness (QED) is 0.275. The van der Waals surface area contributed by atoms with Gasteiger partial charge in [-0.15, -0.1) is 9.35 Å². The van der Waals surface area contributed by atoms with Crippen LogP contribution in [0.1, 0.15) is 20.7 Å². The van der Waals surface area contributed by atoms with Crippen LogP contribution in [-0.2, 0) is 14.4 Å².